The average molecular weight is 385 g/mol. The van der Waals surface area contributed by atoms with Gasteiger partial charge in [-0.2, -0.15) is 0 Å². The summed E-state index contributed by atoms with van der Waals surface area (Å²) in [5.74, 6) is 1.37. The van der Waals surface area contributed by atoms with Crippen molar-refractivity contribution in [2.24, 2.45) is 11.8 Å². The molecule has 0 saturated carbocycles. The Labute approximate surface area is 172 Å². The number of hydrogen-bond acceptors (Lipinski definition) is 3. The van der Waals surface area contributed by atoms with Crippen molar-refractivity contribution >= 4 is 5.71 Å². The molecule has 0 aliphatic carbocycles. The predicted octanol–water partition coefficient (Wildman–Crippen LogP) is 5.89. The van der Waals surface area contributed by atoms with Crippen molar-refractivity contribution in [3.63, 3.8) is 0 Å². The predicted molar refractivity (Wildman–Crippen MR) is 120 cm³/mol. The van der Waals surface area contributed by atoms with Crippen molar-refractivity contribution in [3.05, 3.63) is 47.5 Å². The molecule has 3 nitrogen and oxygen atoms in total. The summed E-state index contributed by atoms with van der Waals surface area (Å²) in [5.41, 5.74) is 3.52. The Morgan fingerprint density at radius 3 is 2.29 bits per heavy atom. The van der Waals surface area contributed by atoms with E-state index in [1.807, 2.05) is 18.2 Å². The Morgan fingerprint density at radius 2 is 1.75 bits per heavy atom. The van der Waals surface area contributed by atoms with E-state index in [4.69, 9.17) is 10.1 Å². The SMILES string of the molecule is CC/C(C)=C\C(=N)C1CCN(CCC2CCOCC2)CC1.Cc1ccccc1. The molecule has 2 aliphatic heterocycles. The van der Waals surface area contributed by atoms with E-state index in [-0.39, 0.29) is 0 Å². The second kappa shape index (κ2) is 12.9. The van der Waals surface area contributed by atoms with Gasteiger partial charge in [0.2, 0.25) is 0 Å². The van der Waals surface area contributed by atoms with E-state index in [0.717, 1.165) is 31.3 Å². The Morgan fingerprint density at radius 1 is 1.11 bits per heavy atom. The molecule has 0 amide bonds. The van der Waals surface area contributed by atoms with Crippen molar-refractivity contribution in [3.8, 4) is 0 Å². The van der Waals surface area contributed by atoms with Crippen molar-refractivity contribution < 1.29 is 4.74 Å². The van der Waals surface area contributed by atoms with E-state index in [0.29, 0.717) is 5.92 Å². The van der Waals surface area contributed by atoms with Gasteiger partial charge in [0.25, 0.3) is 0 Å². The van der Waals surface area contributed by atoms with Gasteiger partial charge in [0.1, 0.15) is 0 Å². The van der Waals surface area contributed by atoms with Gasteiger partial charge in [0.05, 0.1) is 0 Å². The van der Waals surface area contributed by atoms with E-state index in [9.17, 15) is 0 Å². The zero-order chi connectivity index (χ0) is 20.2. The fraction of sp³-hybridized carbons (Fsp3) is 0.640. The van der Waals surface area contributed by atoms with Gasteiger partial charge in [0.15, 0.2) is 0 Å². The summed E-state index contributed by atoms with van der Waals surface area (Å²) in [4.78, 5) is 2.61. The highest BCUT2D eigenvalue weighted by molar-refractivity contribution is 5.94. The first-order valence-electron chi connectivity index (χ1n) is 11.2. The molecule has 0 bridgehead atoms. The molecule has 3 heteroatoms. The molecule has 0 spiro atoms. The van der Waals surface area contributed by atoms with Crippen LogP contribution in [0.5, 0.6) is 0 Å². The van der Waals surface area contributed by atoms with Crippen LogP contribution in [0.4, 0.5) is 0 Å². The van der Waals surface area contributed by atoms with Crippen LogP contribution in [-0.4, -0.2) is 43.5 Å². The Balaban J connectivity index is 0.000000336. The van der Waals surface area contributed by atoms with Gasteiger partial charge >= 0.3 is 0 Å². The molecule has 0 radical (unpaired) electrons. The number of likely N-dealkylation sites (tertiary alicyclic amines) is 1. The lowest BCUT2D eigenvalue weighted by Crippen LogP contribution is -2.37. The van der Waals surface area contributed by atoms with Crippen LogP contribution in [0.1, 0.15) is 57.9 Å². The molecule has 0 unspecified atom stereocenters. The number of benzene rings is 1. The average Bonchev–Trinajstić information content (AvgIpc) is 2.74. The fourth-order valence-corrected chi connectivity index (χ4v) is 3.89. The summed E-state index contributed by atoms with van der Waals surface area (Å²) in [6.07, 6.45) is 9.33. The molecular weight excluding hydrogens is 344 g/mol. The number of ether oxygens (including phenoxy) is 1. The summed E-state index contributed by atoms with van der Waals surface area (Å²) in [5, 5.41) is 8.24. The van der Waals surface area contributed by atoms with Crippen LogP contribution in [0.15, 0.2) is 42.0 Å². The lowest BCUT2D eigenvalue weighted by atomic mass is 9.90. The monoisotopic (exact) mass is 384 g/mol. The van der Waals surface area contributed by atoms with E-state index < -0.39 is 0 Å². The zero-order valence-electron chi connectivity index (χ0n) is 18.3. The van der Waals surface area contributed by atoms with Gasteiger partial charge in [-0.15, -0.1) is 0 Å². The summed E-state index contributed by atoms with van der Waals surface area (Å²) in [7, 11) is 0. The van der Waals surface area contributed by atoms with E-state index in [2.05, 4.69) is 43.9 Å². The van der Waals surface area contributed by atoms with Crippen LogP contribution in [0.2, 0.25) is 0 Å². The van der Waals surface area contributed by atoms with Gasteiger partial charge < -0.3 is 15.0 Å². The Bertz CT molecular complexity index is 582. The smallest absolute Gasteiger partial charge is 0.0468 e. The molecule has 2 fully saturated rings. The molecule has 1 aromatic rings. The van der Waals surface area contributed by atoms with Gasteiger partial charge in [-0.25, -0.2) is 0 Å². The maximum atomic E-state index is 8.24. The largest absolute Gasteiger partial charge is 0.381 e. The highest BCUT2D eigenvalue weighted by Crippen LogP contribution is 2.23. The van der Waals surface area contributed by atoms with Gasteiger partial charge in [-0.3, -0.25) is 0 Å². The zero-order valence-corrected chi connectivity index (χ0v) is 18.3. The standard InChI is InChI=1S/C18H32N2O.C7H8/c1-3-15(2)14-18(19)17-5-10-20(11-6-17)9-4-16-7-12-21-13-8-16;1-7-5-3-2-4-6-7/h14,16-17,19H,3-13H2,1-2H3;2-6H,1H3/b15-14-,19-18?;. The minimum atomic E-state index is 0.492. The molecule has 0 aromatic heterocycles. The van der Waals surface area contributed by atoms with E-state index in [1.54, 1.807) is 0 Å². The van der Waals surface area contributed by atoms with Crippen LogP contribution in [-0.2, 0) is 4.74 Å². The number of rotatable bonds is 6. The first kappa shape index (κ1) is 22.8. The van der Waals surface area contributed by atoms with E-state index in [1.165, 1.54) is 62.9 Å². The number of allylic oxidation sites excluding steroid dienone is 2. The molecule has 156 valence electrons. The second-order valence-corrected chi connectivity index (χ2v) is 8.41. The summed E-state index contributed by atoms with van der Waals surface area (Å²) in [6.45, 7) is 11.9. The van der Waals surface area contributed by atoms with Crippen LogP contribution in [0.3, 0.4) is 0 Å². The van der Waals surface area contributed by atoms with Gasteiger partial charge in [0, 0.05) is 24.8 Å². The van der Waals surface area contributed by atoms with Gasteiger partial charge in [-0.1, -0.05) is 48.4 Å². The maximum absolute atomic E-state index is 8.24. The number of nitrogens with zero attached hydrogens (tertiary/aromatic N) is 1. The van der Waals surface area contributed by atoms with Crippen LogP contribution in [0.25, 0.3) is 0 Å². The molecule has 1 N–H and O–H groups in total. The van der Waals surface area contributed by atoms with Crippen molar-refractivity contribution in [1.29, 1.82) is 5.41 Å². The molecule has 28 heavy (non-hydrogen) atoms. The molecular formula is C25H40N2O. The number of nitrogens with one attached hydrogen (secondary N) is 1. The summed E-state index contributed by atoms with van der Waals surface area (Å²) < 4.78 is 5.43. The first-order valence-corrected chi connectivity index (χ1v) is 11.2. The number of aryl methyl sites for hydroxylation is 1. The Kier molecular flexibility index (Phi) is 10.5. The van der Waals surface area contributed by atoms with Crippen molar-refractivity contribution in [2.45, 2.75) is 59.3 Å². The third kappa shape index (κ3) is 8.70. The molecule has 2 aliphatic rings. The third-order valence-electron chi connectivity index (χ3n) is 6.12. The van der Waals surface area contributed by atoms with Crippen molar-refractivity contribution in [1.82, 2.24) is 4.90 Å². The quantitative estimate of drug-likeness (QED) is 0.621. The second-order valence-electron chi connectivity index (χ2n) is 8.41. The maximum Gasteiger partial charge on any atom is 0.0468 e. The lowest BCUT2D eigenvalue weighted by molar-refractivity contribution is 0.0588. The van der Waals surface area contributed by atoms with Crippen LogP contribution < -0.4 is 0 Å². The number of hydrogen-bond donors (Lipinski definition) is 1. The summed E-state index contributed by atoms with van der Waals surface area (Å²) in [6, 6.07) is 10.3. The molecule has 0 atom stereocenters. The van der Waals surface area contributed by atoms with Crippen LogP contribution in [0, 0.1) is 24.2 Å². The van der Waals surface area contributed by atoms with Crippen molar-refractivity contribution in [2.75, 3.05) is 32.8 Å². The normalized spacial score (nSPS) is 19.8. The fourth-order valence-electron chi connectivity index (χ4n) is 3.89. The molecule has 2 heterocycles. The first-order chi connectivity index (χ1) is 13.6. The Hall–Kier alpha value is -1.45. The third-order valence-corrected chi connectivity index (χ3v) is 6.12. The van der Waals surface area contributed by atoms with Crippen LogP contribution >= 0.6 is 0 Å². The van der Waals surface area contributed by atoms with E-state index >= 15 is 0 Å². The molecule has 2 saturated heterocycles. The molecule has 1 aromatic carbocycles. The molecule has 3 rings (SSSR count). The lowest BCUT2D eigenvalue weighted by Gasteiger charge is -2.33. The minimum absolute atomic E-state index is 0.492. The summed E-state index contributed by atoms with van der Waals surface area (Å²) >= 11 is 0. The highest BCUT2D eigenvalue weighted by atomic mass is 16.5. The minimum Gasteiger partial charge on any atom is -0.381 e. The highest BCUT2D eigenvalue weighted by Gasteiger charge is 2.22. The topological polar surface area (TPSA) is 36.3 Å². The number of piperidine rings is 1. The van der Waals surface area contributed by atoms with Gasteiger partial charge in [-0.05, 0) is 84.0 Å².